The molecule has 7 aromatic rings. The number of carbonyl (C=O) groups is 3. The van der Waals surface area contributed by atoms with Gasteiger partial charge in [0.15, 0.2) is 0 Å². The van der Waals surface area contributed by atoms with Crippen molar-refractivity contribution in [1.82, 2.24) is 0 Å². The topological polar surface area (TPSA) is 78.9 Å². The molecule has 0 saturated carbocycles. The quantitative estimate of drug-likeness (QED) is 0.0764. The third-order valence-electron chi connectivity index (χ3n) is 8.22. The van der Waals surface area contributed by atoms with E-state index in [-0.39, 0.29) is 30.3 Å². The van der Waals surface area contributed by atoms with Crippen LogP contribution in [-0.2, 0) is 14.2 Å². The molecule has 210 valence electrons. The van der Waals surface area contributed by atoms with E-state index in [2.05, 4.69) is 0 Å². The number of ether oxygens (including phenoxy) is 3. The van der Waals surface area contributed by atoms with E-state index in [1.54, 1.807) is 0 Å². The average Bonchev–Trinajstić information content (AvgIpc) is 3.02. The predicted octanol–water partition coefficient (Wildman–Crippen LogP) is 8.62. The van der Waals surface area contributed by atoms with E-state index < -0.39 is 11.9 Å². The van der Waals surface area contributed by atoms with Crippen molar-refractivity contribution >= 4 is 82.5 Å². The van der Waals surface area contributed by atoms with Crippen molar-refractivity contribution < 1.29 is 28.6 Å². The Kier molecular flexibility index (Phi) is 6.23. The zero-order valence-corrected chi connectivity index (χ0v) is 23.9. The van der Waals surface area contributed by atoms with E-state index in [1.165, 1.54) is 0 Å². The van der Waals surface area contributed by atoms with Gasteiger partial charge >= 0.3 is 17.9 Å². The highest BCUT2D eigenvalue weighted by molar-refractivity contribution is 6.47. The van der Waals surface area contributed by atoms with Gasteiger partial charge in [-0.05, 0) is 90.0 Å². The van der Waals surface area contributed by atoms with E-state index in [4.69, 9.17) is 14.2 Å². The molecule has 0 heterocycles. The van der Waals surface area contributed by atoms with Crippen LogP contribution in [-0.4, -0.2) is 37.7 Å². The lowest BCUT2D eigenvalue weighted by Gasteiger charge is -2.24. The summed E-state index contributed by atoms with van der Waals surface area (Å²) in [6, 6.07) is 17.8. The maximum Gasteiger partial charge on any atom is 0.339 e. The molecular formula is C36H30O6. The van der Waals surface area contributed by atoms with Crippen molar-refractivity contribution in [3.63, 3.8) is 0 Å². The number of hydrogen-bond acceptors (Lipinski definition) is 6. The second-order valence-electron chi connectivity index (χ2n) is 10.9. The molecule has 0 aliphatic carbocycles. The van der Waals surface area contributed by atoms with Crippen LogP contribution in [0, 0.1) is 0 Å². The summed E-state index contributed by atoms with van der Waals surface area (Å²) in [5.41, 5.74) is 0.974. The number of carbonyl (C=O) groups excluding carboxylic acids is 3. The maximum absolute atomic E-state index is 13.7. The van der Waals surface area contributed by atoms with Gasteiger partial charge in [-0.25, -0.2) is 14.4 Å². The molecule has 42 heavy (non-hydrogen) atoms. The van der Waals surface area contributed by atoms with Gasteiger partial charge < -0.3 is 14.2 Å². The van der Waals surface area contributed by atoms with E-state index in [1.807, 2.05) is 75.4 Å². The molecule has 0 N–H and O–H groups in total. The second-order valence-corrected chi connectivity index (χ2v) is 10.9. The van der Waals surface area contributed by atoms with Crippen LogP contribution in [0.4, 0.5) is 0 Å². The summed E-state index contributed by atoms with van der Waals surface area (Å²) in [5, 5.41) is 10.8. The molecule has 0 spiro atoms. The molecule has 0 aliphatic heterocycles. The van der Waals surface area contributed by atoms with Gasteiger partial charge in [0.1, 0.15) is 0 Å². The molecule has 0 radical (unpaired) electrons. The molecule has 0 unspecified atom stereocenters. The van der Waals surface area contributed by atoms with Crippen LogP contribution < -0.4 is 0 Å². The van der Waals surface area contributed by atoms with E-state index in [0.717, 1.165) is 60.3 Å². The Labute approximate surface area is 242 Å². The van der Waals surface area contributed by atoms with Crippen molar-refractivity contribution in [2.24, 2.45) is 0 Å². The summed E-state index contributed by atoms with van der Waals surface area (Å²) < 4.78 is 16.9. The fourth-order valence-electron chi connectivity index (χ4n) is 6.56. The fourth-order valence-corrected chi connectivity index (χ4v) is 6.56. The maximum atomic E-state index is 13.7. The van der Waals surface area contributed by atoms with Crippen LogP contribution in [0.25, 0.3) is 64.6 Å². The molecule has 7 aromatic carbocycles. The van der Waals surface area contributed by atoms with Gasteiger partial charge in [0.2, 0.25) is 0 Å². The molecule has 0 saturated heterocycles. The highest BCUT2D eigenvalue weighted by Crippen LogP contribution is 2.50. The monoisotopic (exact) mass is 558 g/mol. The van der Waals surface area contributed by atoms with Gasteiger partial charge in [0.25, 0.3) is 0 Å². The normalized spacial score (nSPS) is 12.1. The van der Waals surface area contributed by atoms with Gasteiger partial charge in [-0.3, -0.25) is 0 Å². The summed E-state index contributed by atoms with van der Waals surface area (Å²) >= 11 is 0. The van der Waals surface area contributed by atoms with Crippen LogP contribution in [0.3, 0.4) is 0 Å². The molecule has 7 rings (SSSR count). The van der Waals surface area contributed by atoms with Crippen molar-refractivity contribution in [2.75, 3.05) is 19.8 Å². The first kappa shape index (κ1) is 26.2. The largest absolute Gasteiger partial charge is 0.462 e. The first-order valence-corrected chi connectivity index (χ1v) is 14.7. The zero-order chi connectivity index (χ0) is 29.1. The lowest BCUT2D eigenvalue weighted by atomic mass is 9.79. The van der Waals surface area contributed by atoms with E-state index >= 15 is 0 Å². The smallest absolute Gasteiger partial charge is 0.339 e. The number of hydrogen-bond donors (Lipinski definition) is 0. The Morgan fingerprint density at radius 1 is 0.476 bits per heavy atom. The van der Waals surface area contributed by atoms with Gasteiger partial charge in [-0.1, -0.05) is 69.3 Å². The summed E-state index contributed by atoms with van der Waals surface area (Å²) in [6.07, 6.45) is 2.05. The van der Waals surface area contributed by atoms with Crippen molar-refractivity contribution in [3.8, 4) is 0 Å². The van der Waals surface area contributed by atoms with Gasteiger partial charge in [0, 0.05) is 0 Å². The molecule has 6 nitrogen and oxygen atoms in total. The molecule has 0 fully saturated rings. The highest BCUT2D eigenvalue weighted by Gasteiger charge is 2.31. The molecule has 0 aromatic heterocycles. The molecule has 0 atom stereocenters. The number of benzene rings is 7. The average molecular weight is 559 g/mol. The third kappa shape index (κ3) is 3.60. The minimum Gasteiger partial charge on any atom is -0.462 e. The van der Waals surface area contributed by atoms with Crippen molar-refractivity contribution in [1.29, 1.82) is 0 Å². The van der Waals surface area contributed by atoms with E-state index in [9.17, 15) is 14.4 Å². The van der Waals surface area contributed by atoms with Gasteiger partial charge in [0.05, 0.1) is 36.5 Å². The third-order valence-corrected chi connectivity index (χ3v) is 8.22. The molecule has 6 heteroatoms. The zero-order valence-electron chi connectivity index (χ0n) is 23.9. The molecule has 0 bridgehead atoms. The second kappa shape index (κ2) is 9.98. The Morgan fingerprint density at radius 2 is 0.857 bits per heavy atom. The standard InChI is InChI=1S/C36H30O6/c1-4-15-40-34(37)25-18-21-8-7-19-10-13-23-30-26(19)28(21)29-22(25)12-9-20-11-14-24(31(30)27(20)29)33(36(39)42-17-6-3)32(23)35(38)41-16-5-2/h7-14,18H,4-6,15-17H2,1-3H3. The first-order valence-electron chi connectivity index (χ1n) is 14.7. The molecule has 0 amide bonds. The van der Waals surface area contributed by atoms with Gasteiger partial charge in [-0.2, -0.15) is 0 Å². The van der Waals surface area contributed by atoms with Crippen LogP contribution in [0.2, 0.25) is 0 Å². The highest BCUT2D eigenvalue weighted by atomic mass is 16.5. The summed E-state index contributed by atoms with van der Waals surface area (Å²) in [7, 11) is 0. The van der Waals surface area contributed by atoms with Crippen LogP contribution in [0.15, 0.2) is 54.6 Å². The summed E-state index contributed by atoms with van der Waals surface area (Å²) in [6.45, 7) is 6.67. The lowest BCUT2D eigenvalue weighted by Crippen LogP contribution is -2.17. The van der Waals surface area contributed by atoms with Crippen molar-refractivity contribution in [3.05, 3.63) is 71.3 Å². The minimum absolute atomic E-state index is 0.222. The predicted molar refractivity (Wildman–Crippen MR) is 167 cm³/mol. The fraction of sp³-hybridized carbons (Fsp3) is 0.250. The summed E-state index contributed by atoms with van der Waals surface area (Å²) in [5.74, 6) is -1.44. The Balaban J connectivity index is 1.71. The lowest BCUT2D eigenvalue weighted by molar-refractivity contribution is 0.0461. The van der Waals surface area contributed by atoms with Crippen LogP contribution in [0.5, 0.6) is 0 Å². The number of rotatable bonds is 9. The minimum atomic E-state index is -0.547. The van der Waals surface area contributed by atoms with Crippen molar-refractivity contribution in [2.45, 2.75) is 40.0 Å². The van der Waals surface area contributed by atoms with E-state index in [0.29, 0.717) is 35.8 Å². The molecule has 0 aliphatic rings. The van der Waals surface area contributed by atoms with Gasteiger partial charge in [-0.15, -0.1) is 0 Å². The number of esters is 3. The first-order chi connectivity index (χ1) is 20.5. The summed E-state index contributed by atoms with van der Waals surface area (Å²) in [4.78, 5) is 40.8. The molecular weight excluding hydrogens is 528 g/mol. The Morgan fingerprint density at radius 3 is 1.38 bits per heavy atom. The Hall–Kier alpha value is -4.71. The van der Waals surface area contributed by atoms with Crippen LogP contribution >= 0.6 is 0 Å². The Bertz CT molecular complexity index is 2160. The SMILES string of the molecule is CCCOC(=O)c1cc2ccc3ccc4c(C(=O)OCCC)c(C(=O)OCCC)c5ccc6ccc1c1c2c3c4c5c61. The van der Waals surface area contributed by atoms with Crippen LogP contribution in [0.1, 0.15) is 71.1 Å².